The first-order chi connectivity index (χ1) is 15.5. The molecule has 7 nitrogen and oxygen atoms in total. The fraction of sp³-hybridized carbons (Fsp3) is 0.333. The van der Waals surface area contributed by atoms with Crippen molar-refractivity contribution in [2.75, 3.05) is 37.5 Å². The number of rotatable bonds is 8. The molecule has 1 atom stereocenters. The molecule has 3 heterocycles. The molecule has 2 aromatic heterocycles. The molecule has 1 aliphatic heterocycles. The fourth-order valence-corrected chi connectivity index (χ4v) is 4.53. The van der Waals surface area contributed by atoms with E-state index in [1.165, 1.54) is 17.6 Å². The van der Waals surface area contributed by atoms with Crippen molar-refractivity contribution < 1.29 is 18.7 Å². The molecule has 0 spiro atoms. The zero-order valence-electron chi connectivity index (χ0n) is 18.2. The molecule has 1 aromatic carbocycles. The first-order valence-corrected chi connectivity index (χ1v) is 11.5. The van der Waals surface area contributed by atoms with Crippen LogP contribution in [0.2, 0.25) is 0 Å². The van der Waals surface area contributed by atoms with E-state index in [1.807, 2.05) is 59.6 Å². The smallest absolute Gasteiger partial charge is 0.291 e. The quantitative estimate of drug-likeness (QED) is 0.544. The minimum absolute atomic E-state index is 0.00905. The Morgan fingerprint density at radius 2 is 2.06 bits per heavy atom. The van der Waals surface area contributed by atoms with Gasteiger partial charge in [0.05, 0.1) is 17.2 Å². The van der Waals surface area contributed by atoms with Crippen molar-refractivity contribution in [3.8, 4) is 0 Å². The molecule has 3 aromatic rings. The molecule has 0 aliphatic carbocycles. The first-order valence-electron chi connectivity index (χ1n) is 10.6. The largest absolute Gasteiger partial charge is 0.459 e. The molecule has 4 rings (SSSR count). The van der Waals surface area contributed by atoms with Gasteiger partial charge < -0.3 is 24.3 Å². The van der Waals surface area contributed by atoms with E-state index in [1.54, 1.807) is 12.1 Å². The number of carbonyl (C=O) groups is 2. The normalized spacial score (nSPS) is 15.5. The van der Waals surface area contributed by atoms with Gasteiger partial charge in [-0.15, -0.1) is 11.3 Å². The molecule has 1 aliphatic rings. The van der Waals surface area contributed by atoms with Gasteiger partial charge >= 0.3 is 0 Å². The van der Waals surface area contributed by atoms with E-state index in [4.69, 9.17) is 9.15 Å². The van der Waals surface area contributed by atoms with E-state index < -0.39 is 0 Å². The highest BCUT2D eigenvalue weighted by Crippen LogP contribution is 2.27. The van der Waals surface area contributed by atoms with Crippen molar-refractivity contribution in [2.45, 2.75) is 25.5 Å². The van der Waals surface area contributed by atoms with E-state index >= 15 is 0 Å². The van der Waals surface area contributed by atoms with Gasteiger partial charge in [-0.25, -0.2) is 0 Å². The highest BCUT2D eigenvalue weighted by Gasteiger charge is 2.25. The number of carbonyl (C=O) groups excluding carboxylic acids is 2. The summed E-state index contributed by atoms with van der Waals surface area (Å²) < 4.78 is 11.0. The number of furan rings is 1. The van der Waals surface area contributed by atoms with Crippen LogP contribution in [-0.4, -0.2) is 50.1 Å². The Morgan fingerprint density at radius 3 is 2.72 bits per heavy atom. The molecule has 32 heavy (non-hydrogen) atoms. The number of thiophene rings is 1. The van der Waals surface area contributed by atoms with Crippen molar-refractivity contribution in [2.24, 2.45) is 0 Å². The van der Waals surface area contributed by atoms with Gasteiger partial charge in [0, 0.05) is 45.2 Å². The van der Waals surface area contributed by atoms with Crippen LogP contribution in [0.25, 0.3) is 0 Å². The number of nitrogens with zero attached hydrogens (tertiary/aromatic N) is 2. The summed E-state index contributed by atoms with van der Waals surface area (Å²) in [6, 6.07) is 12.8. The van der Waals surface area contributed by atoms with E-state index in [0.29, 0.717) is 23.7 Å². The molecule has 1 N–H and O–H groups in total. The summed E-state index contributed by atoms with van der Waals surface area (Å²) in [5, 5.41) is 4.79. The van der Waals surface area contributed by atoms with Crippen LogP contribution >= 0.6 is 11.3 Å². The lowest BCUT2D eigenvalue weighted by Crippen LogP contribution is -2.37. The van der Waals surface area contributed by atoms with Crippen LogP contribution < -0.4 is 10.2 Å². The number of ether oxygens (including phenoxy) is 1. The molecule has 0 radical (unpaired) electrons. The zero-order valence-corrected chi connectivity index (χ0v) is 19.1. The van der Waals surface area contributed by atoms with Crippen LogP contribution in [0.15, 0.2) is 58.5 Å². The minimum atomic E-state index is -0.315. The van der Waals surface area contributed by atoms with Gasteiger partial charge in [0.25, 0.3) is 11.8 Å². The Kier molecular flexibility index (Phi) is 6.92. The van der Waals surface area contributed by atoms with Gasteiger partial charge in [-0.1, -0.05) is 6.07 Å². The lowest BCUT2D eigenvalue weighted by Gasteiger charge is -2.28. The Morgan fingerprint density at radius 1 is 1.19 bits per heavy atom. The van der Waals surface area contributed by atoms with Crippen LogP contribution in [0.5, 0.6) is 0 Å². The van der Waals surface area contributed by atoms with Gasteiger partial charge in [0.2, 0.25) is 0 Å². The summed E-state index contributed by atoms with van der Waals surface area (Å²) in [6.07, 6.45) is 3.48. The molecule has 1 saturated heterocycles. The predicted molar refractivity (Wildman–Crippen MR) is 125 cm³/mol. The molecule has 1 fully saturated rings. The zero-order chi connectivity index (χ0) is 22.5. The summed E-state index contributed by atoms with van der Waals surface area (Å²) in [5.41, 5.74) is 2.57. The third kappa shape index (κ3) is 5.20. The van der Waals surface area contributed by atoms with E-state index in [-0.39, 0.29) is 23.7 Å². The number of nitrogens with one attached hydrogen (secondary N) is 1. The number of hydrogen-bond acceptors (Lipinski definition) is 6. The lowest BCUT2D eigenvalue weighted by atomic mass is 10.1. The van der Waals surface area contributed by atoms with Gasteiger partial charge in [0.1, 0.15) is 0 Å². The van der Waals surface area contributed by atoms with E-state index in [0.717, 1.165) is 30.7 Å². The van der Waals surface area contributed by atoms with Crippen molar-refractivity contribution >= 4 is 34.5 Å². The number of benzene rings is 1. The van der Waals surface area contributed by atoms with Crippen LogP contribution in [0, 0.1) is 0 Å². The third-order valence-corrected chi connectivity index (χ3v) is 6.25. The maximum Gasteiger partial charge on any atom is 0.291 e. The fourth-order valence-electron chi connectivity index (χ4n) is 3.84. The summed E-state index contributed by atoms with van der Waals surface area (Å²) in [7, 11) is 3.93. The molecule has 0 bridgehead atoms. The van der Waals surface area contributed by atoms with Gasteiger partial charge in [-0.2, -0.15) is 0 Å². The van der Waals surface area contributed by atoms with E-state index in [2.05, 4.69) is 5.32 Å². The number of amides is 2. The predicted octanol–water partition coefficient (Wildman–Crippen LogP) is 4.48. The van der Waals surface area contributed by atoms with Crippen LogP contribution in [-0.2, 0) is 11.3 Å². The van der Waals surface area contributed by atoms with Gasteiger partial charge in [0.15, 0.2) is 5.76 Å². The highest BCUT2D eigenvalue weighted by atomic mass is 32.1. The molecule has 168 valence electrons. The Labute approximate surface area is 191 Å². The second kappa shape index (κ2) is 10.0. The Balaban J connectivity index is 1.60. The minimum Gasteiger partial charge on any atom is -0.459 e. The maximum absolute atomic E-state index is 13.3. The summed E-state index contributed by atoms with van der Waals surface area (Å²) in [4.78, 5) is 30.3. The molecule has 1 unspecified atom stereocenters. The van der Waals surface area contributed by atoms with E-state index in [9.17, 15) is 9.59 Å². The average molecular weight is 454 g/mol. The molecule has 2 amide bonds. The third-order valence-electron chi connectivity index (χ3n) is 5.39. The first kappa shape index (κ1) is 22.1. The number of hydrogen-bond donors (Lipinski definition) is 1. The maximum atomic E-state index is 13.3. The van der Waals surface area contributed by atoms with Gasteiger partial charge in [-0.3, -0.25) is 9.59 Å². The molecular formula is C24H27N3O4S. The van der Waals surface area contributed by atoms with Crippen molar-refractivity contribution in [3.63, 3.8) is 0 Å². The Bertz CT molecular complexity index is 1040. The van der Waals surface area contributed by atoms with Gasteiger partial charge in [-0.05, 0) is 60.2 Å². The van der Waals surface area contributed by atoms with Crippen LogP contribution in [0.4, 0.5) is 11.4 Å². The lowest BCUT2D eigenvalue weighted by molar-refractivity contribution is 0.0511. The summed E-state index contributed by atoms with van der Waals surface area (Å²) >= 11 is 1.44. The number of anilines is 2. The Hall–Kier alpha value is -3.10. The second-order valence-corrected chi connectivity index (χ2v) is 8.92. The summed E-state index contributed by atoms with van der Waals surface area (Å²) in [5.74, 6) is -0.0780. The van der Waals surface area contributed by atoms with Crippen molar-refractivity contribution in [3.05, 3.63) is 70.3 Å². The van der Waals surface area contributed by atoms with Crippen LogP contribution in [0.3, 0.4) is 0 Å². The van der Waals surface area contributed by atoms with Crippen molar-refractivity contribution in [1.29, 1.82) is 0 Å². The average Bonchev–Trinajstić information content (AvgIpc) is 3.56. The molecular weight excluding hydrogens is 426 g/mol. The van der Waals surface area contributed by atoms with Crippen LogP contribution in [0.1, 0.15) is 38.6 Å². The topological polar surface area (TPSA) is 75.0 Å². The van der Waals surface area contributed by atoms with Crippen molar-refractivity contribution in [1.82, 2.24) is 4.90 Å². The molecule has 8 heteroatoms. The standard InChI is InChI=1S/C24H27N3O4S/c1-26(2)20-10-9-18(25-23(28)21-7-4-12-31-21)14-17(20)15-27(16-19-6-3-11-30-19)24(29)22-8-5-13-32-22/h4-5,7-10,12-14,19H,3,6,11,15-16H2,1-2H3,(H,25,28). The molecule has 0 saturated carbocycles. The SMILES string of the molecule is CN(C)c1ccc(NC(=O)c2ccco2)cc1CN(CC1CCCO1)C(=O)c1cccs1. The second-order valence-electron chi connectivity index (χ2n) is 7.97. The summed E-state index contributed by atoms with van der Waals surface area (Å²) in [6.45, 7) is 1.68. The highest BCUT2D eigenvalue weighted by molar-refractivity contribution is 7.12. The monoisotopic (exact) mass is 453 g/mol.